The van der Waals surface area contributed by atoms with Gasteiger partial charge in [0.05, 0.1) is 17.3 Å². The predicted molar refractivity (Wildman–Crippen MR) is 131 cm³/mol. The summed E-state index contributed by atoms with van der Waals surface area (Å²) in [7, 11) is -3.60. The minimum absolute atomic E-state index is 0.00421. The smallest absolute Gasteiger partial charge is 0.265 e. The van der Waals surface area contributed by atoms with E-state index in [0.29, 0.717) is 30.2 Å². The van der Waals surface area contributed by atoms with E-state index in [1.54, 1.807) is 54.6 Å². The van der Waals surface area contributed by atoms with Gasteiger partial charge in [0.1, 0.15) is 12.4 Å². The van der Waals surface area contributed by atoms with Crippen molar-refractivity contribution < 1.29 is 27.8 Å². The molecule has 1 amide bonds. The number of aliphatic imine (C=N–C) groups is 1. The first kappa shape index (κ1) is 25.2. The number of carbonyl (C=O) groups is 1. The number of aliphatic hydroxyl groups is 1. The lowest BCUT2D eigenvalue weighted by atomic mass is 9.98. The second kappa shape index (κ2) is 11.2. The van der Waals surface area contributed by atoms with Crippen molar-refractivity contribution in [2.45, 2.75) is 36.1 Å². The Morgan fingerprint density at radius 2 is 1.83 bits per heavy atom. The molecule has 188 valence electrons. The minimum atomic E-state index is -3.60. The number of benzene rings is 2. The topological polar surface area (TPSA) is 118 Å². The highest BCUT2D eigenvalue weighted by molar-refractivity contribution is 7.91. The molecule has 0 bridgehead atoms. The number of aliphatic hydroxyl groups excluding tert-OH is 1. The van der Waals surface area contributed by atoms with Gasteiger partial charge < -0.3 is 14.6 Å². The van der Waals surface area contributed by atoms with Crippen molar-refractivity contribution in [2.75, 3.05) is 38.7 Å². The average molecular weight is 502 g/mol. The lowest BCUT2D eigenvalue weighted by molar-refractivity contribution is -0.131. The first-order valence-electron chi connectivity index (χ1n) is 11.8. The summed E-state index contributed by atoms with van der Waals surface area (Å²) in [5.41, 5.74) is 2.24. The van der Waals surface area contributed by atoms with Gasteiger partial charge in [0.2, 0.25) is 5.90 Å². The molecule has 1 saturated heterocycles. The summed E-state index contributed by atoms with van der Waals surface area (Å²) < 4.78 is 37.3. The quantitative estimate of drug-likeness (QED) is 0.452. The molecule has 4 rings (SSSR count). The molecule has 0 saturated carbocycles. The molecule has 0 radical (unpaired) electrons. The van der Waals surface area contributed by atoms with E-state index in [4.69, 9.17) is 14.6 Å². The third kappa shape index (κ3) is 6.19. The van der Waals surface area contributed by atoms with Crippen molar-refractivity contribution in [1.29, 1.82) is 0 Å². The molecule has 2 heterocycles. The molecule has 9 nitrogen and oxygen atoms in total. The molecular formula is C25H31N3O6S. The number of rotatable bonds is 11. The van der Waals surface area contributed by atoms with E-state index in [0.717, 1.165) is 25.9 Å². The number of hydrazine groups is 1. The molecule has 2 aliphatic heterocycles. The van der Waals surface area contributed by atoms with Crippen LogP contribution in [0.4, 0.5) is 0 Å². The highest BCUT2D eigenvalue weighted by atomic mass is 32.2. The standard InChI is InChI=1S/C25H31N3O6S/c29-16-6-17-33-21-11-9-20(10-12-21)23-26-25(19-34-23,24(30)27-28-14-4-5-15-28)13-18-35(31,32)22-7-2-1-3-8-22/h1-3,7-12,29H,4-6,13-19H2,(H,27,30)/t25-/m0/s1. The van der Waals surface area contributed by atoms with Crippen LogP contribution in [0.3, 0.4) is 0 Å². The van der Waals surface area contributed by atoms with Crippen molar-refractivity contribution in [3.8, 4) is 5.75 Å². The van der Waals surface area contributed by atoms with E-state index in [-0.39, 0.29) is 36.2 Å². The maximum Gasteiger partial charge on any atom is 0.265 e. The summed E-state index contributed by atoms with van der Waals surface area (Å²) in [6.07, 6.45) is 2.52. The fraction of sp³-hybridized carbons (Fsp3) is 0.440. The van der Waals surface area contributed by atoms with E-state index in [9.17, 15) is 13.2 Å². The lowest BCUT2D eigenvalue weighted by Gasteiger charge is -2.26. The number of hydrogen-bond acceptors (Lipinski definition) is 8. The van der Waals surface area contributed by atoms with Crippen LogP contribution in [-0.2, 0) is 19.4 Å². The van der Waals surface area contributed by atoms with Crippen LogP contribution in [0.15, 0.2) is 64.5 Å². The van der Waals surface area contributed by atoms with Crippen molar-refractivity contribution in [1.82, 2.24) is 10.4 Å². The Labute approximate surface area is 205 Å². The Balaban J connectivity index is 1.54. The Hall–Kier alpha value is -2.95. The molecule has 35 heavy (non-hydrogen) atoms. The summed E-state index contributed by atoms with van der Waals surface area (Å²) in [5.74, 6) is 0.345. The van der Waals surface area contributed by atoms with E-state index in [2.05, 4.69) is 10.4 Å². The summed E-state index contributed by atoms with van der Waals surface area (Å²) in [6.45, 7) is 1.92. The van der Waals surface area contributed by atoms with Crippen LogP contribution in [0.1, 0.15) is 31.2 Å². The second-order valence-corrected chi connectivity index (χ2v) is 10.8. The van der Waals surface area contributed by atoms with Gasteiger partial charge in [-0.15, -0.1) is 0 Å². The van der Waals surface area contributed by atoms with Crippen LogP contribution in [0, 0.1) is 0 Å². The number of carbonyl (C=O) groups excluding carboxylic acids is 1. The number of nitrogens with zero attached hydrogens (tertiary/aromatic N) is 2. The van der Waals surface area contributed by atoms with Crippen molar-refractivity contribution in [3.05, 3.63) is 60.2 Å². The molecule has 1 fully saturated rings. The summed E-state index contributed by atoms with van der Waals surface area (Å²) >= 11 is 0. The molecule has 2 aromatic rings. The highest BCUT2D eigenvalue weighted by Gasteiger charge is 2.46. The number of hydrogen-bond donors (Lipinski definition) is 2. The fourth-order valence-corrected chi connectivity index (χ4v) is 5.44. The van der Waals surface area contributed by atoms with Gasteiger partial charge in [-0.2, -0.15) is 0 Å². The van der Waals surface area contributed by atoms with Gasteiger partial charge in [-0.05, 0) is 55.7 Å². The Morgan fingerprint density at radius 3 is 2.51 bits per heavy atom. The first-order valence-corrected chi connectivity index (χ1v) is 13.5. The molecule has 0 aromatic heterocycles. The molecule has 1 atom stereocenters. The normalized spacial score (nSPS) is 20.3. The number of nitrogens with one attached hydrogen (secondary N) is 1. The maximum atomic E-state index is 13.4. The minimum Gasteiger partial charge on any atom is -0.494 e. The maximum absolute atomic E-state index is 13.4. The molecule has 10 heteroatoms. The summed E-state index contributed by atoms with van der Waals surface area (Å²) in [4.78, 5) is 18.2. The lowest BCUT2D eigenvalue weighted by Crippen LogP contribution is -2.53. The van der Waals surface area contributed by atoms with E-state index < -0.39 is 15.4 Å². The summed E-state index contributed by atoms with van der Waals surface area (Å²) in [6, 6.07) is 15.3. The third-order valence-corrected chi connectivity index (χ3v) is 7.84. The zero-order valence-electron chi connectivity index (χ0n) is 19.6. The van der Waals surface area contributed by atoms with Crippen LogP contribution in [0.25, 0.3) is 0 Å². The van der Waals surface area contributed by atoms with Gasteiger partial charge in [0.25, 0.3) is 5.91 Å². The molecule has 0 unspecified atom stereocenters. The van der Waals surface area contributed by atoms with Crippen LogP contribution in [-0.4, -0.2) is 74.5 Å². The van der Waals surface area contributed by atoms with E-state index in [1.165, 1.54) is 0 Å². The predicted octanol–water partition coefficient (Wildman–Crippen LogP) is 1.95. The largest absolute Gasteiger partial charge is 0.494 e. The average Bonchev–Trinajstić information content (AvgIpc) is 3.55. The summed E-state index contributed by atoms with van der Waals surface area (Å²) in [5, 5.41) is 10.7. The number of ether oxygens (including phenoxy) is 2. The fourth-order valence-electron chi connectivity index (χ4n) is 4.03. The van der Waals surface area contributed by atoms with E-state index >= 15 is 0 Å². The Kier molecular flexibility index (Phi) is 8.04. The third-order valence-electron chi connectivity index (χ3n) is 6.11. The first-order chi connectivity index (χ1) is 16.9. The monoisotopic (exact) mass is 501 g/mol. The van der Waals surface area contributed by atoms with Crippen molar-refractivity contribution in [2.24, 2.45) is 4.99 Å². The van der Waals surface area contributed by atoms with Crippen molar-refractivity contribution >= 4 is 21.6 Å². The molecule has 2 aliphatic rings. The molecule has 2 aromatic carbocycles. The van der Waals surface area contributed by atoms with Crippen LogP contribution >= 0.6 is 0 Å². The number of amides is 1. The van der Waals surface area contributed by atoms with Gasteiger partial charge in [-0.3, -0.25) is 10.2 Å². The van der Waals surface area contributed by atoms with Gasteiger partial charge in [-0.1, -0.05) is 18.2 Å². The van der Waals surface area contributed by atoms with Gasteiger partial charge in [0.15, 0.2) is 15.4 Å². The number of sulfone groups is 1. The van der Waals surface area contributed by atoms with E-state index in [1.807, 2.05) is 5.01 Å². The molecule has 0 aliphatic carbocycles. The molecule has 0 spiro atoms. The van der Waals surface area contributed by atoms with Gasteiger partial charge >= 0.3 is 0 Å². The van der Waals surface area contributed by atoms with Crippen molar-refractivity contribution in [3.63, 3.8) is 0 Å². The van der Waals surface area contributed by atoms with Crippen LogP contribution < -0.4 is 10.2 Å². The molecule has 2 N–H and O–H groups in total. The Morgan fingerprint density at radius 1 is 1.11 bits per heavy atom. The van der Waals surface area contributed by atoms with Crippen LogP contribution in [0.2, 0.25) is 0 Å². The zero-order valence-corrected chi connectivity index (χ0v) is 20.4. The highest BCUT2D eigenvalue weighted by Crippen LogP contribution is 2.29. The molecular weight excluding hydrogens is 470 g/mol. The zero-order chi connectivity index (χ0) is 24.7. The van der Waals surface area contributed by atoms with Gasteiger partial charge in [-0.25, -0.2) is 18.4 Å². The van der Waals surface area contributed by atoms with Gasteiger partial charge in [0, 0.05) is 31.7 Å². The Bertz CT molecular complexity index is 1130. The second-order valence-electron chi connectivity index (χ2n) is 8.70. The van der Waals surface area contributed by atoms with Crippen LogP contribution in [0.5, 0.6) is 5.75 Å². The SMILES string of the molecule is O=C(NN1CCCC1)[C@]1(CCS(=O)(=O)c2ccccc2)COC(c2ccc(OCCCO)cc2)=N1.